The van der Waals surface area contributed by atoms with Crippen LogP contribution in [0, 0.1) is 5.41 Å². The lowest BCUT2D eigenvalue weighted by atomic mass is 9.85. The van der Waals surface area contributed by atoms with E-state index in [9.17, 15) is 9.59 Å². The van der Waals surface area contributed by atoms with Crippen LogP contribution in [0.2, 0.25) is 0 Å². The van der Waals surface area contributed by atoms with Crippen LogP contribution in [0.15, 0.2) is 59.6 Å². The molecular weight excluding hydrogens is 342 g/mol. The summed E-state index contributed by atoms with van der Waals surface area (Å²) in [5.41, 5.74) is 2.82. The first-order valence-electron chi connectivity index (χ1n) is 8.80. The molecule has 0 saturated carbocycles. The Morgan fingerprint density at radius 1 is 1.11 bits per heavy atom. The van der Waals surface area contributed by atoms with Crippen LogP contribution in [0.3, 0.4) is 0 Å². The summed E-state index contributed by atoms with van der Waals surface area (Å²) in [6.07, 6.45) is -1.75. The fourth-order valence-corrected chi connectivity index (χ4v) is 2.83. The number of benzene rings is 2. The smallest absolute Gasteiger partial charge is 0.409 e. The third-order valence-electron chi connectivity index (χ3n) is 4.12. The Morgan fingerprint density at radius 3 is 2.48 bits per heavy atom. The molecular formula is C21H23N3O3. The van der Waals surface area contributed by atoms with E-state index in [4.69, 9.17) is 4.74 Å². The number of fused-ring (bicyclic) bond motifs is 1. The first kappa shape index (κ1) is 18.6. The van der Waals surface area contributed by atoms with Crippen molar-refractivity contribution in [3.63, 3.8) is 0 Å². The Bertz CT molecular complexity index is 870. The highest BCUT2D eigenvalue weighted by atomic mass is 16.5. The molecule has 0 aromatic heterocycles. The van der Waals surface area contributed by atoms with E-state index in [1.165, 1.54) is 0 Å². The molecule has 1 aliphatic rings. The van der Waals surface area contributed by atoms with Gasteiger partial charge in [-0.25, -0.2) is 4.79 Å². The minimum atomic E-state index is -1.06. The van der Waals surface area contributed by atoms with E-state index in [-0.39, 0.29) is 12.0 Å². The van der Waals surface area contributed by atoms with Crippen LogP contribution in [-0.2, 0) is 16.1 Å². The summed E-state index contributed by atoms with van der Waals surface area (Å²) in [6.45, 7) is 6.17. The summed E-state index contributed by atoms with van der Waals surface area (Å²) in [4.78, 5) is 29.3. The highest BCUT2D eigenvalue weighted by Crippen LogP contribution is 2.29. The van der Waals surface area contributed by atoms with Gasteiger partial charge in [0.1, 0.15) is 6.61 Å². The molecule has 3 rings (SSSR count). The molecule has 0 aliphatic carbocycles. The lowest BCUT2D eigenvalue weighted by Gasteiger charge is -2.23. The molecule has 0 fully saturated rings. The van der Waals surface area contributed by atoms with Gasteiger partial charge in [-0.3, -0.25) is 15.1 Å². The average molecular weight is 365 g/mol. The van der Waals surface area contributed by atoms with Crippen molar-refractivity contribution in [3.8, 4) is 0 Å². The Kier molecular flexibility index (Phi) is 5.26. The molecule has 2 aromatic rings. The lowest BCUT2D eigenvalue weighted by molar-refractivity contribution is -0.117. The Balaban J connectivity index is 1.78. The van der Waals surface area contributed by atoms with Gasteiger partial charge in [0.05, 0.1) is 5.71 Å². The number of carbonyl (C=O) groups is 2. The summed E-state index contributed by atoms with van der Waals surface area (Å²) in [7, 11) is 0. The predicted octanol–water partition coefficient (Wildman–Crippen LogP) is 3.73. The van der Waals surface area contributed by atoms with Crippen LogP contribution >= 0.6 is 0 Å². The average Bonchev–Trinajstić information content (AvgIpc) is 2.77. The fourth-order valence-electron chi connectivity index (χ4n) is 2.83. The molecule has 140 valence electrons. The third-order valence-corrected chi connectivity index (χ3v) is 4.12. The molecule has 1 aliphatic heterocycles. The number of alkyl carbamates (subject to hydrolysis) is 1. The molecule has 0 spiro atoms. The molecule has 6 nitrogen and oxygen atoms in total. The van der Waals surface area contributed by atoms with Gasteiger partial charge >= 0.3 is 6.09 Å². The number of anilines is 1. The molecule has 2 N–H and O–H groups in total. The number of para-hydroxylation sites is 1. The minimum Gasteiger partial charge on any atom is -0.445 e. The maximum atomic E-state index is 12.6. The van der Waals surface area contributed by atoms with Crippen molar-refractivity contribution in [3.05, 3.63) is 65.7 Å². The SMILES string of the molecule is CC(C)(C)C1=NC(NC(=O)OCc2ccccc2)C(=O)Nc2ccccc21. The van der Waals surface area contributed by atoms with Crippen LogP contribution in [0.25, 0.3) is 0 Å². The number of hydrogen-bond acceptors (Lipinski definition) is 4. The second kappa shape index (κ2) is 7.61. The molecule has 1 heterocycles. The number of nitrogens with zero attached hydrogens (tertiary/aromatic N) is 1. The van der Waals surface area contributed by atoms with Crippen LogP contribution in [0.1, 0.15) is 31.9 Å². The topological polar surface area (TPSA) is 79.8 Å². The van der Waals surface area contributed by atoms with Gasteiger partial charge < -0.3 is 10.1 Å². The van der Waals surface area contributed by atoms with E-state index in [0.29, 0.717) is 5.69 Å². The number of rotatable bonds is 3. The molecule has 1 unspecified atom stereocenters. The van der Waals surface area contributed by atoms with E-state index in [0.717, 1.165) is 16.8 Å². The monoisotopic (exact) mass is 365 g/mol. The highest BCUT2D eigenvalue weighted by Gasteiger charge is 2.31. The van der Waals surface area contributed by atoms with Gasteiger partial charge in [0.15, 0.2) is 0 Å². The van der Waals surface area contributed by atoms with Gasteiger partial charge in [-0.2, -0.15) is 0 Å². The van der Waals surface area contributed by atoms with Crippen molar-refractivity contribution >= 4 is 23.4 Å². The number of aliphatic imine (C=N–C) groups is 1. The van der Waals surface area contributed by atoms with E-state index in [1.807, 2.05) is 75.4 Å². The minimum absolute atomic E-state index is 0.122. The highest BCUT2D eigenvalue weighted by molar-refractivity contribution is 6.14. The number of carbonyl (C=O) groups excluding carboxylic acids is 2. The van der Waals surface area contributed by atoms with Crippen molar-refractivity contribution in [1.29, 1.82) is 0 Å². The first-order valence-corrected chi connectivity index (χ1v) is 8.80. The van der Waals surface area contributed by atoms with Gasteiger partial charge in [-0.1, -0.05) is 69.3 Å². The Hall–Kier alpha value is -3.15. The molecule has 2 amide bonds. The molecule has 0 radical (unpaired) electrons. The van der Waals surface area contributed by atoms with Gasteiger partial charge in [-0.15, -0.1) is 0 Å². The molecule has 0 bridgehead atoms. The maximum absolute atomic E-state index is 12.6. The molecule has 1 atom stereocenters. The standard InChI is InChI=1S/C21H23N3O3/c1-21(2,3)17-15-11-7-8-12-16(15)22-19(25)18(23-17)24-20(26)27-13-14-9-5-4-6-10-14/h4-12,18H,13H2,1-3H3,(H,22,25)(H,24,26). The quantitative estimate of drug-likeness (QED) is 0.870. The normalized spacial score (nSPS) is 16.5. The Morgan fingerprint density at radius 2 is 1.78 bits per heavy atom. The molecule has 27 heavy (non-hydrogen) atoms. The number of amides is 2. The molecule has 2 aromatic carbocycles. The summed E-state index contributed by atoms with van der Waals surface area (Å²) in [5, 5.41) is 5.39. The largest absolute Gasteiger partial charge is 0.445 e. The van der Waals surface area contributed by atoms with Crippen LogP contribution in [-0.4, -0.2) is 23.9 Å². The van der Waals surface area contributed by atoms with Crippen molar-refractivity contribution in [1.82, 2.24) is 5.32 Å². The van der Waals surface area contributed by atoms with Crippen LogP contribution < -0.4 is 10.6 Å². The van der Waals surface area contributed by atoms with Crippen molar-refractivity contribution in [2.24, 2.45) is 10.4 Å². The number of hydrogen-bond donors (Lipinski definition) is 2. The van der Waals surface area contributed by atoms with Crippen LogP contribution in [0.5, 0.6) is 0 Å². The van der Waals surface area contributed by atoms with Crippen molar-refractivity contribution in [2.45, 2.75) is 33.5 Å². The maximum Gasteiger partial charge on any atom is 0.409 e. The van der Waals surface area contributed by atoms with E-state index in [1.54, 1.807) is 0 Å². The van der Waals surface area contributed by atoms with Crippen LogP contribution in [0.4, 0.5) is 10.5 Å². The van der Waals surface area contributed by atoms with E-state index in [2.05, 4.69) is 15.6 Å². The molecule has 0 saturated heterocycles. The second-order valence-electron chi connectivity index (χ2n) is 7.37. The summed E-state index contributed by atoms with van der Waals surface area (Å²) >= 11 is 0. The Labute approximate surface area is 158 Å². The molecule has 6 heteroatoms. The van der Waals surface area contributed by atoms with Crippen molar-refractivity contribution in [2.75, 3.05) is 5.32 Å². The lowest BCUT2D eigenvalue weighted by Crippen LogP contribution is -2.43. The first-order chi connectivity index (χ1) is 12.8. The number of benzodiazepines with no additional fused rings is 1. The van der Waals surface area contributed by atoms with E-state index >= 15 is 0 Å². The van der Waals surface area contributed by atoms with Gasteiger partial charge in [0.2, 0.25) is 6.17 Å². The fraction of sp³-hybridized carbons (Fsp3) is 0.286. The number of nitrogens with one attached hydrogen (secondary N) is 2. The van der Waals surface area contributed by atoms with Gasteiger partial charge in [-0.05, 0) is 11.6 Å². The van der Waals surface area contributed by atoms with Gasteiger partial charge in [0.25, 0.3) is 5.91 Å². The van der Waals surface area contributed by atoms with Gasteiger partial charge in [0, 0.05) is 16.7 Å². The number of ether oxygens (including phenoxy) is 1. The predicted molar refractivity (Wildman–Crippen MR) is 105 cm³/mol. The van der Waals surface area contributed by atoms with Crippen molar-refractivity contribution < 1.29 is 14.3 Å². The zero-order chi connectivity index (χ0) is 19.4. The summed E-state index contributed by atoms with van der Waals surface area (Å²) in [6, 6.07) is 16.8. The summed E-state index contributed by atoms with van der Waals surface area (Å²) in [5.74, 6) is -0.404. The second-order valence-corrected chi connectivity index (χ2v) is 7.37. The zero-order valence-electron chi connectivity index (χ0n) is 15.7. The zero-order valence-corrected chi connectivity index (χ0v) is 15.7. The summed E-state index contributed by atoms with van der Waals surface area (Å²) < 4.78 is 5.22. The third kappa shape index (κ3) is 4.53. The van der Waals surface area contributed by atoms with E-state index < -0.39 is 18.2 Å².